The first-order valence-electron chi connectivity index (χ1n) is 6.30. The summed E-state index contributed by atoms with van der Waals surface area (Å²) in [7, 11) is 0. The molecule has 0 atom stereocenters. The lowest BCUT2D eigenvalue weighted by Crippen LogP contribution is -1.98. The monoisotopic (exact) mass is 332 g/mol. The third kappa shape index (κ3) is 2.88. The van der Waals surface area contributed by atoms with Crippen molar-refractivity contribution in [2.75, 3.05) is 6.26 Å². The summed E-state index contributed by atoms with van der Waals surface area (Å²) >= 11 is 2.54. The third-order valence-corrected chi connectivity index (χ3v) is 4.65. The highest BCUT2D eigenvalue weighted by Crippen LogP contribution is 2.40. The van der Waals surface area contributed by atoms with E-state index in [1.165, 1.54) is 35.7 Å². The molecular weight excluding hydrogens is 320 g/mol. The number of nitrogens with zero attached hydrogens (tertiary/aromatic N) is 4. The predicted octanol–water partition coefficient (Wildman–Crippen LogP) is 2.95. The van der Waals surface area contributed by atoms with Gasteiger partial charge in [0.05, 0.1) is 15.5 Å². The summed E-state index contributed by atoms with van der Waals surface area (Å²) in [6.07, 6.45) is 1.83. The molecule has 2 N–H and O–H groups in total. The fourth-order valence-corrected chi connectivity index (χ4v) is 3.19. The Bertz CT molecular complexity index is 793. The van der Waals surface area contributed by atoms with Crippen LogP contribution in [0.3, 0.4) is 0 Å². The molecule has 2 aromatic carbocycles. The summed E-state index contributed by atoms with van der Waals surface area (Å²) in [5, 5.41) is 32.1. The quantitative estimate of drug-likeness (QED) is 0.561. The molecule has 0 radical (unpaired) electrons. The van der Waals surface area contributed by atoms with Crippen molar-refractivity contribution in [3.8, 4) is 17.2 Å². The van der Waals surface area contributed by atoms with Gasteiger partial charge in [-0.3, -0.25) is 0 Å². The minimum absolute atomic E-state index is 0.0785. The van der Waals surface area contributed by atoms with Crippen molar-refractivity contribution in [1.29, 1.82) is 0 Å². The molecule has 0 aliphatic rings. The average Bonchev–Trinajstić information content (AvgIpc) is 2.99. The van der Waals surface area contributed by atoms with Crippen LogP contribution in [0.2, 0.25) is 0 Å². The summed E-state index contributed by atoms with van der Waals surface area (Å²) in [6.45, 7) is 0. The highest BCUT2D eigenvalue weighted by atomic mass is 32.2. The molecule has 0 saturated heterocycles. The first-order valence-corrected chi connectivity index (χ1v) is 8.35. The van der Waals surface area contributed by atoms with Gasteiger partial charge in [0.15, 0.2) is 0 Å². The number of thioether (sulfide) groups is 1. The minimum Gasteiger partial charge on any atom is -0.507 e. The summed E-state index contributed by atoms with van der Waals surface area (Å²) in [5.41, 5.74) is 0.819. The number of hydrogen-bond acceptors (Lipinski definition) is 7. The van der Waals surface area contributed by atoms with E-state index in [0.29, 0.717) is 14.9 Å². The van der Waals surface area contributed by atoms with Gasteiger partial charge in [-0.15, -0.1) is 16.9 Å². The molecule has 112 valence electrons. The number of benzene rings is 2. The van der Waals surface area contributed by atoms with Gasteiger partial charge in [0.25, 0.3) is 0 Å². The molecule has 0 spiro atoms. The Balaban J connectivity index is 1.95. The van der Waals surface area contributed by atoms with Crippen LogP contribution in [0.5, 0.6) is 11.5 Å². The molecule has 3 rings (SSSR count). The largest absolute Gasteiger partial charge is 0.507 e. The summed E-state index contributed by atoms with van der Waals surface area (Å²) in [5.74, 6) is 0.196. The fourth-order valence-electron chi connectivity index (χ4n) is 1.86. The van der Waals surface area contributed by atoms with Crippen molar-refractivity contribution in [2.45, 2.75) is 14.9 Å². The fraction of sp³-hybridized carbons (Fsp3) is 0.0714. The number of phenolic OH excluding ortho intramolecular Hbond substituents is 2. The molecule has 22 heavy (non-hydrogen) atoms. The van der Waals surface area contributed by atoms with Crippen molar-refractivity contribution >= 4 is 23.5 Å². The summed E-state index contributed by atoms with van der Waals surface area (Å²) in [6, 6.07) is 12.5. The number of rotatable bonds is 4. The maximum atomic E-state index is 10.1. The Kier molecular flexibility index (Phi) is 4.21. The van der Waals surface area contributed by atoms with E-state index < -0.39 is 0 Å². The van der Waals surface area contributed by atoms with E-state index in [-0.39, 0.29) is 11.5 Å². The van der Waals surface area contributed by atoms with Gasteiger partial charge in [-0.2, -0.15) is 4.68 Å². The van der Waals surface area contributed by atoms with Crippen molar-refractivity contribution < 1.29 is 10.2 Å². The molecule has 0 saturated carbocycles. The van der Waals surface area contributed by atoms with Crippen LogP contribution in [-0.4, -0.2) is 36.7 Å². The topological polar surface area (TPSA) is 84.1 Å². The molecule has 0 fully saturated rings. The van der Waals surface area contributed by atoms with Gasteiger partial charge in [-0.25, -0.2) is 0 Å². The van der Waals surface area contributed by atoms with Crippen LogP contribution in [0.1, 0.15) is 0 Å². The molecule has 0 bridgehead atoms. The first-order chi connectivity index (χ1) is 10.7. The van der Waals surface area contributed by atoms with E-state index in [2.05, 4.69) is 15.5 Å². The van der Waals surface area contributed by atoms with Gasteiger partial charge >= 0.3 is 0 Å². The van der Waals surface area contributed by atoms with Crippen LogP contribution < -0.4 is 0 Å². The van der Waals surface area contributed by atoms with E-state index in [9.17, 15) is 10.2 Å². The van der Waals surface area contributed by atoms with Crippen LogP contribution in [-0.2, 0) is 0 Å². The standard InChI is InChI=1S/C14H12N4O2S2/c1-21-12-7-11(20)13(8-10(12)19)22-14-15-16-17-18(14)9-5-3-2-4-6-9/h2-8,19-20H,1H3. The van der Waals surface area contributed by atoms with E-state index in [1.54, 1.807) is 4.68 Å². The minimum atomic E-state index is 0.0785. The maximum absolute atomic E-state index is 10.1. The molecule has 6 nitrogen and oxygen atoms in total. The second kappa shape index (κ2) is 6.29. The highest BCUT2D eigenvalue weighted by Gasteiger charge is 2.14. The van der Waals surface area contributed by atoms with Crippen LogP contribution >= 0.6 is 23.5 Å². The number of aromatic nitrogens is 4. The summed E-state index contributed by atoms with van der Waals surface area (Å²) in [4.78, 5) is 1.10. The molecule has 3 aromatic rings. The van der Waals surface area contributed by atoms with Crippen LogP contribution in [0.25, 0.3) is 5.69 Å². The second-order valence-electron chi connectivity index (χ2n) is 4.30. The Hall–Kier alpha value is -2.19. The Morgan fingerprint density at radius 2 is 1.68 bits per heavy atom. The van der Waals surface area contributed by atoms with E-state index in [4.69, 9.17) is 0 Å². The van der Waals surface area contributed by atoms with E-state index in [1.807, 2.05) is 36.6 Å². The van der Waals surface area contributed by atoms with Gasteiger partial charge in [-0.1, -0.05) is 18.2 Å². The molecular formula is C14H12N4O2S2. The molecule has 1 heterocycles. The van der Waals surface area contributed by atoms with Crippen LogP contribution in [0, 0.1) is 0 Å². The predicted molar refractivity (Wildman–Crippen MR) is 84.8 cm³/mol. The lowest BCUT2D eigenvalue weighted by molar-refractivity contribution is 0.438. The van der Waals surface area contributed by atoms with E-state index in [0.717, 1.165) is 5.69 Å². The van der Waals surface area contributed by atoms with Crippen LogP contribution in [0.15, 0.2) is 57.4 Å². The van der Waals surface area contributed by atoms with Crippen molar-refractivity contribution in [2.24, 2.45) is 0 Å². The molecule has 0 unspecified atom stereocenters. The number of phenols is 2. The number of aromatic hydroxyl groups is 2. The first kappa shape index (κ1) is 14.7. The van der Waals surface area contributed by atoms with Crippen molar-refractivity contribution in [3.05, 3.63) is 42.5 Å². The normalized spacial score (nSPS) is 10.8. The Morgan fingerprint density at radius 3 is 2.41 bits per heavy atom. The van der Waals surface area contributed by atoms with Gasteiger partial charge in [-0.05, 0) is 52.7 Å². The Morgan fingerprint density at radius 1 is 1.00 bits per heavy atom. The van der Waals surface area contributed by atoms with Crippen molar-refractivity contribution in [3.63, 3.8) is 0 Å². The molecule has 1 aromatic heterocycles. The summed E-state index contributed by atoms with van der Waals surface area (Å²) < 4.78 is 1.57. The smallest absolute Gasteiger partial charge is 0.219 e. The number of hydrogen-bond donors (Lipinski definition) is 2. The third-order valence-electron chi connectivity index (χ3n) is 2.90. The Labute approximate surface area is 135 Å². The molecule has 0 aliphatic carbocycles. The number of tetrazole rings is 1. The van der Waals surface area contributed by atoms with Gasteiger partial charge in [0.2, 0.25) is 5.16 Å². The number of para-hydroxylation sites is 1. The van der Waals surface area contributed by atoms with Gasteiger partial charge in [0, 0.05) is 0 Å². The lowest BCUT2D eigenvalue weighted by Gasteiger charge is -2.08. The molecule has 8 heteroatoms. The lowest BCUT2D eigenvalue weighted by atomic mass is 10.3. The highest BCUT2D eigenvalue weighted by molar-refractivity contribution is 7.99. The maximum Gasteiger partial charge on any atom is 0.219 e. The zero-order valence-corrected chi connectivity index (χ0v) is 13.2. The van der Waals surface area contributed by atoms with Crippen LogP contribution in [0.4, 0.5) is 0 Å². The van der Waals surface area contributed by atoms with Gasteiger partial charge < -0.3 is 10.2 Å². The zero-order valence-electron chi connectivity index (χ0n) is 11.5. The van der Waals surface area contributed by atoms with Gasteiger partial charge in [0.1, 0.15) is 11.5 Å². The average molecular weight is 332 g/mol. The molecule has 0 aliphatic heterocycles. The SMILES string of the molecule is CSc1cc(O)c(Sc2nnnn2-c2ccccc2)cc1O. The second-order valence-corrected chi connectivity index (χ2v) is 6.16. The van der Waals surface area contributed by atoms with Crippen molar-refractivity contribution in [1.82, 2.24) is 20.2 Å². The van der Waals surface area contributed by atoms with E-state index >= 15 is 0 Å². The zero-order chi connectivity index (χ0) is 15.5. The molecule has 0 amide bonds.